The van der Waals surface area contributed by atoms with E-state index in [1.165, 1.54) is 6.26 Å². The molecule has 0 bridgehead atoms. The fourth-order valence-electron chi connectivity index (χ4n) is 2.18. The molecule has 3 rings (SSSR count). The summed E-state index contributed by atoms with van der Waals surface area (Å²) >= 11 is 3.44. The van der Waals surface area contributed by atoms with Crippen molar-refractivity contribution in [1.29, 1.82) is 0 Å². The number of aliphatic carboxylic acids is 1. The van der Waals surface area contributed by atoms with Gasteiger partial charge in [0.25, 0.3) is 0 Å². The molecule has 1 aliphatic rings. The average Bonchev–Trinajstić information content (AvgIpc) is 2.90. The maximum atomic E-state index is 11.1. The number of aryl methyl sites for hydroxylation is 1. The van der Waals surface area contributed by atoms with E-state index in [0.717, 1.165) is 15.6 Å². The van der Waals surface area contributed by atoms with Crippen molar-refractivity contribution in [3.8, 4) is 17.0 Å². The van der Waals surface area contributed by atoms with Crippen LogP contribution in [-0.2, 0) is 11.2 Å². The Morgan fingerprint density at radius 2 is 2.32 bits per heavy atom. The third kappa shape index (κ3) is 2.23. The van der Waals surface area contributed by atoms with Crippen molar-refractivity contribution in [2.45, 2.75) is 18.9 Å². The Hall–Kier alpha value is -1.82. The van der Waals surface area contributed by atoms with E-state index < -0.39 is 12.1 Å². The first-order valence-corrected chi connectivity index (χ1v) is 6.57. The van der Waals surface area contributed by atoms with Gasteiger partial charge in [0, 0.05) is 16.1 Å². The minimum atomic E-state index is -0.945. The van der Waals surface area contributed by atoms with Crippen molar-refractivity contribution in [2.75, 3.05) is 0 Å². The molecule has 0 fully saturated rings. The fourth-order valence-corrected chi connectivity index (χ4v) is 2.68. The number of ether oxygens (including phenoxy) is 1. The Balaban J connectivity index is 2.11. The van der Waals surface area contributed by atoms with Gasteiger partial charge in [-0.15, -0.1) is 0 Å². The summed E-state index contributed by atoms with van der Waals surface area (Å²) < 4.78 is 11.3. The molecule has 0 amide bonds. The molecule has 0 saturated heterocycles. The van der Waals surface area contributed by atoms with E-state index in [9.17, 15) is 4.79 Å². The predicted molar refractivity (Wildman–Crippen MR) is 70.0 cm³/mol. The monoisotopic (exact) mass is 323 g/mol. The van der Waals surface area contributed by atoms with Gasteiger partial charge in [0.05, 0.1) is 0 Å². The molecule has 1 aromatic carbocycles. The lowest BCUT2D eigenvalue weighted by Crippen LogP contribution is -2.31. The second kappa shape index (κ2) is 4.70. The van der Waals surface area contributed by atoms with Crippen LogP contribution in [0.2, 0.25) is 0 Å². The number of aromatic nitrogens is 1. The van der Waals surface area contributed by atoms with Gasteiger partial charge in [-0.2, -0.15) is 0 Å². The Kier molecular flexibility index (Phi) is 3.02. The SMILES string of the molecule is O=C(O)[C@H]1CCc2cc(Br)cc(-c3ccon3)c2O1. The molecule has 1 N–H and O–H groups in total. The van der Waals surface area contributed by atoms with Crippen molar-refractivity contribution < 1.29 is 19.2 Å². The number of hydrogen-bond donors (Lipinski definition) is 1. The van der Waals surface area contributed by atoms with Gasteiger partial charge in [-0.1, -0.05) is 21.1 Å². The molecule has 0 unspecified atom stereocenters. The van der Waals surface area contributed by atoms with Gasteiger partial charge >= 0.3 is 5.97 Å². The number of rotatable bonds is 2. The van der Waals surface area contributed by atoms with Gasteiger partial charge in [-0.05, 0) is 30.5 Å². The molecular weight excluding hydrogens is 314 g/mol. The molecule has 0 radical (unpaired) electrons. The minimum Gasteiger partial charge on any atom is -0.479 e. The second-order valence-corrected chi connectivity index (χ2v) is 5.23. The van der Waals surface area contributed by atoms with Crippen molar-refractivity contribution in [1.82, 2.24) is 5.16 Å². The van der Waals surface area contributed by atoms with Crippen LogP contribution in [0, 0.1) is 0 Å². The summed E-state index contributed by atoms with van der Waals surface area (Å²) in [4.78, 5) is 11.1. The second-order valence-electron chi connectivity index (χ2n) is 4.31. The Morgan fingerprint density at radius 1 is 1.47 bits per heavy atom. The van der Waals surface area contributed by atoms with Crippen LogP contribution in [0.5, 0.6) is 5.75 Å². The van der Waals surface area contributed by atoms with E-state index in [1.54, 1.807) is 6.07 Å². The maximum Gasteiger partial charge on any atom is 0.344 e. The standard InChI is InChI=1S/C13H10BrNO4/c14-8-5-7-1-2-11(13(16)17)19-12(7)9(6-8)10-3-4-18-15-10/h3-6,11H,1-2H2,(H,16,17)/t11-/m1/s1. The smallest absolute Gasteiger partial charge is 0.344 e. The topological polar surface area (TPSA) is 72.6 Å². The molecule has 6 heteroatoms. The molecule has 5 nitrogen and oxygen atoms in total. The predicted octanol–water partition coefficient (Wildman–Crippen LogP) is 2.88. The zero-order chi connectivity index (χ0) is 13.4. The first kappa shape index (κ1) is 12.2. The van der Waals surface area contributed by atoms with Gasteiger partial charge in [0.2, 0.25) is 0 Å². The quantitative estimate of drug-likeness (QED) is 0.919. The number of carbonyl (C=O) groups is 1. The highest BCUT2D eigenvalue weighted by Gasteiger charge is 2.28. The largest absolute Gasteiger partial charge is 0.479 e. The van der Waals surface area contributed by atoms with E-state index >= 15 is 0 Å². The molecule has 98 valence electrons. The number of benzene rings is 1. The third-order valence-electron chi connectivity index (χ3n) is 3.06. The van der Waals surface area contributed by atoms with E-state index in [1.807, 2.05) is 12.1 Å². The molecule has 0 spiro atoms. The van der Waals surface area contributed by atoms with E-state index in [0.29, 0.717) is 24.3 Å². The molecule has 1 atom stereocenters. The van der Waals surface area contributed by atoms with Gasteiger partial charge in [-0.3, -0.25) is 0 Å². The van der Waals surface area contributed by atoms with E-state index in [4.69, 9.17) is 14.4 Å². The van der Waals surface area contributed by atoms with Crippen LogP contribution in [0.4, 0.5) is 0 Å². The Morgan fingerprint density at radius 3 is 3.00 bits per heavy atom. The minimum absolute atomic E-state index is 0.469. The summed E-state index contributed by atoms with van der Waals surface area (Å²) in [6.07, 6.45) is 1.80. The summed E-state index contributed by atoms with van der Waals surface area (Å²) in [5, 5.41) is 13.0. The lowest BCUT2D eigenvalue weighted by atomic mass is 9.98. The van der Waals surface area contributed by atoms with Crippen molar-refractivity contribution in [3.63, 3.8) is 0 Å². The Bertz CT molecular complexity index is 624. The normalized spacial score (nSPS) is 17.6. The first-order valence-electron chi connectivity index (χ1n) is 5.78. The molecule has 1 aromatic heterocycles. The number of fused-ring (bicyclic) bond motifs is 1. The lowest BCUT2D eigenvalue weighted by Gasteiger charge is -2.25. The highest BCUT2D eigenvalue weighted by atomic mass is 79.9. The zero-order valence-corrected chi connectivity index (χ0v) is 11.4. The molecule has 2 heterocycles. The molecule has 2 aromatic rings. The van der Waals surface area contributed by atoms with Crippen molar-refractivity contribution >= 4 is 21.9 Å². The summed E-state index contributed by atoms with van der Waals surface area (Å²) in [7, 11) is 0. The fraction of sp³-hybridized carbons (Fsp3) is 0.231. The van der Waals surface area contributed by atoms with Crippen LogP contribution in [0.25, 0.3) is 11.3 Å². The van der Waals surface area contributed by atoms with Gasteiger partial charge in [0.15, 0.2) is 6.10 Å². The average molecular weight is 324 g/mol. The highest BCUT2D eigenvalue weighted by molar-refractivity contribution is 9.10. The third-order valence-corrected chi connectivity index (χ3v) is 3.51. The van der Waals surface area contributed by atoms with Gasteiger partial charge in [0.1, 0.15) is 17.7 Å². The molecular formula is C13H10BrNO4. The summed E-state index contributed by atoms with van der Waals surface area (Å²) in [5.41, 5.74) is 2.34. The molecule has 1 aliphatic heterocycles. The van der Waals surface area contributed by atoms with Crippen LogP contribution < -0.4 is 4.74 Å². The summed E-state index contributed by atoms with van der Waals surface area (Å²) in [6, 6.07) is 5.51. The van der Waals surface area contributed by atoms with Crippen LogP contribution in [-0.4, -0.2) is 22.3 Å². The number of carboxylic acid groups (broad SMARTS) is 1. The van der Waals surface area contributed by atoms with Crippen molar-refractivity contribution in [3.05, 3.63) is 34.5 Å². The van der Waals surface area contributed by atoms with Crippen LogP contribution in [0.3, 0.4) is 0 Å². The first-order chi connectivity index (χ1) is 9.15. The highest BCUT2D eigenvalue weighted by Crippen LogP contribution is 2.39. The molecule has 19 heavy (non-hydrogen) atoms. The van der Waals surface area contributed by atoms with Gasteiger partial charge in [-0.25, -0.2) is 4.79 Å². The van der Waals surface area contributed by atoms with Crippen LogP contribution in [0.1, 0.15) is 12.0 Å². The maximum absolute atomic E-state index is 11.1. The van der Waals surface area contributed by atoms with Gasteiger partial charge < -0.3 is 14.4 Å². The van der Waals surface area contributed by atoms with E-state index in [2.05, 4.69) is 21.1 Å². The molecule has 0 aliphatic carbocycles. The van der Waals surface area contributed by atoms with Crippen LogP contribution in [0.15, 0.2) is 33.5 Å². The van der Waals surface area contributed by atoms with Crippen LogP contribution >= 0.6 is 15.9 Å². The zero-order valence-electron chi connectivity index (χ0n) is 9.80. The van der Waals surface area contributed by atoms with E-state index in [-0.39, 0.29) is 0 Å². The Labute approximate surface area is 117 Å². The number of halogens is 1. The molecule has 0 saturated carbocycles. The number of carboxylic acids is 1. The van der Waals surface area contributed by atoms with Crippen molar-refractivity contribution in [2.24, 2.45) is 0 Å². The number of hydrogen-bond acceptors (Lipinski definition) is 4. The lowest BCUT2D eigenvalue weighted by molar-refractivity contribution is -0.145. The summed E-state index contributed by atoms with van der Waals surface area (Å²) in [6.45, 7) is 0. The number of nitrogens with zero attached hydrogens (tertiary/aromatic N) is 1. The summed E-state index contributed by atoms with van der Waals surface area (Å²) in [5.74, 6) is -0.365.